The lowest BCUT2D eigenvalue weighted by Gasteiger charge is -2.09. The molecular formula is C13H16BrClO. The number of carbonyl (C=O) groups excluding carboxylic acids is 1. The predicted octanol–water partition coefficient (Wildman–Crippen LogP) is 5.11. The van der Waals surface area contributed by atoms with E-state index in [-0.39, 0.29) is 5.78 Å². The van der Waals surface area contributed by atoms with Crippen LogP contribution in [0.5, 0.6) is 0 Å². The highest BCUT2D eigenvalue weighted by atomic mass is 79.9. The molecule has 1 aromatic rings. The first kappa shape index (κ1) is 13.7. The minimum absolute atomic E-state index is 0.171. The van der Waals surface area contributed by atoms with Crippen molar-refractivity contribution in [1.82, 2.24) is 0 Å². The number of ketones is 1. The molecule has 0 aromatic heterocycles. The van der Waals surface area contributed by atoms with E-state index in [1.54, 1.807) is 12.1 Å². The van der Waals surface area contributed by atoms with Crippen molar-refractivity contribution in [1.29, 1.82) is 0 Å². The van der Waals surface area contributed by atoms with Crippen LogP contribution in [0, 0.1) is 5.92 Å². The van der Waals surface area contributed by atoms with E-state index in [0.717, 1.165) is 17.3 Å². The van der Waals surface area contributed by atoms with Gasteiger partial charge in [-0.3, -0.25) is 4.79 Å². The second kappa shape index (κ2) is 6.41. The van der Waals surface area contributed by atoms with Crippen LogP contribution in [-0.2, 0) is 0 Å². The lowest BCUT2D eigenvalue weighted by Crippen LogP contribution is -2.06. The first-order chi connectivity index (χ1) is 7.52. The Bertz CT molecular complexity index is 356. The van der Waals surface area contributed by atoms with Crippen LogP contribution in [0.25, 0.3) is 0 Å². The maximum atomic E-state index is 12.0. The zero-order chi connectivity index (χ0) is 12.1. The van der Waals surface area contributed by atoms with E-state index in [9.17, 15) is 4.79 Å². The Morgan fingerprint density at radius 2 is 2.12 bits per heavy atom. The summed E-state index contributed by atoms with van der Waals surface area (Å²) in [7, 11) is 0. The first-order valence-electron chi connectivity index (χ1n) is 5.52. The number of Topliss-reactive ketones (excluding diaryl/α,β-unsaturated/α-hetero) is 1. The minimum atomic E-state index is 0.171. The van der Waals surface area contributed by atoms with E-state index in [2.05, 4.69) is 29.8 Å². The Labute approximate surface area is 110 Å². The van der Waals surface area contributed by atoms with Gasteiger partial charge in [0.05, 0.1) is 0 Å². The van der Waals surface area contributed by atoms with Crippen LogP contribution in [0.1, 0.15) is 43.5 Å². The van der Waals surface area contributed by atoms with Crippen LogP contribution in [0.15, 0.2) is 22.7 Å². The molecule has 0 aliphatic carbocycles. The molecule has 88 valence electrons. The van der Waals surface area contributed by atoms with Gasteiger partial charge in [-0.1, -0.05) is 54.2 Å². The molecule has 16 heavy (non-hydrogen) atoms. The number of hydrogen-bond donors (Lipinski definition) is 0. The largest absolute Gasteiger partial charge is 0.294 e. The predicted molar refractivity (Wildman–Crippen MR) is 72.2 cm³/mol. The summed E-state index contributed by atoms with van der Waals surface area (Å²) in [5.41, 5.74) is 0.697. The molecule has 1 nitrogen and oxygen atoms in total. The van der Waals surface area contributed by atoms with Crippen molar-refractivity contribution < 1.29 is 4.79 Å². The van der Waals surface area contributed by atoms with Crippen LogP contribution in [0.2, 0.25) is 5.02 Å². The maximum Gasteiger partial charge on any atom is 0.163 e. The van der Waals surface area contributed by atoms with Crippen molar-refractivity contribution in [2.45, 2.75) is 33.1 Å². The summed E-state index contributed by atoms with van der Waals surface area (Å²) in [6, 6.07) is 5.34. The fourth-order valence-corrected chi connectivity index (χ4v) is 2.60. The van der Waals surface area contributed by atoms with Crippen LogP contribution in [0.3, 0.4) is 0 Å². The molecule has 0 bridgehead atoms. The number of rotatable bonds is 5. The van der Waals surface area contributed by atoms with E-state index in [1.807, 2.05) is 6.07 Å². The van der Waals surface area contributed by atoms with Gasteiger partial charge >= 0.3 is 0 Å². The van der Waals surface area contributed by atoms with Crippen molar-refractivity contribution in [2.24, 2.45) is 5.92 Å². The summed E-state index contributed by atoms with van der Waals surface area (Å²) < 4.78 is 0.853. The molecule has 0 saturated heterocycles. The van der Waals surface area contributed by atoms with Gasteiger partial charge in [0, 0.05) is 21.5 Å². The molecule has 0 spiro atoms. The first-order valence-corrected chi connectivity index (χ1v) is 6.69. The van der Waals surface area contributed by atoms with E-state index in [1.165, 1.54) is 0 Å². The summed E-state index contributed by atoms with van der Waals surface area (Å²) >= 11 is 9.25. The molecule has 1 aromatic carbocycles. The topological polar surface area (TPSA) is 17.1 Å². The summed E-state index contributed by atoms with van der Waals surface area (Å²) in [6.07, 6.45) is 2.81. The quantitative estimate of drug-likeness (QED) is 0.691. The second-order valence-electron chi connectivity index (χ2n) is 4.18. The van der Waals surface area contributed by atoms with Crippen LogP contribution >= 0.6 is 27.5 Å². The highest BCUT2D eigenvalue weighted by molar-refractivity contribution is 9.10. The molecule has 1 rings (SSSR count). The molecule has 0 aliphatic rings. The van der Waals surface area contributed by atoms with Gasteiger partial charge in [-0.05, 0) is 24.1 Å². The molecule has 0 fully saturated rings. The normalized spacial score (nSPS) is 12.5. The molecule has 3 heteroatoms. The maximum absolute atomic E-state index is 12.0. The molecular weight excluding hydrogens is 287 g/mol. The Kier molecular flexibility index (Phi) is 5.50. The Balaban J connectivity index is 2.72. The lowest BCUT2D eigenvalue weighted by molar-refractivity contribution is 0.0962. The Morgan fingerprint density at radius 3 is 2.69 bits per heavy atom. The van der Waals surface area contributed by atoms with Crippen molar-refractivity contribution in [3.05, 3.63) is 33.3 Å². The van der Waals surface area contributed by atoms with Gasteiger partial charge in [-0.25, -0.2) is 0 Å². The molecule has 0 saturated carbocycles. The summed E-state index contributed by atoms with van der Waals surface area (Å²) in [5, 5.41) is 0.598. The third-order valence-electron chi connectivity index (χ3n) is 2.50. The number of carbonyl (C=O) groups is 1. The molecule has 0 N–H and O–H groups in total. The third-order valence-corrected chi connectivity index (χ3v) is 3.18. The SMILES string of the molecule is CCCC(C)CC(=O)c1cc(Cl)cc(Br)c1. The molecule has 0 aliphatic heterocycles. The van der Waals surface area contributed by atoms with Gasteiger partial charge in [0.1, 0.15) is 0 Å². The van der Waals surface area contributed by atoms with Gasteiger partial charge in [0.25, 0.3) is 0 Å². The third kappa shape index (κ3) is 4.26. The van der Waals surface area contributed by atoms with Gasteiger partial charge in [0.2, 0.25) is 0 Å². The van der Waals surface area contributed by atoms with E-state index >= 15 is 0 Å². The number of halogens is 2. The Morgan fingerprint density at radius 1 is 1.44 bits per heavy atom. The lowest BCUT2D eigenvalue weighted by atomic mass is 9.96. The smallest absolute Gasteiger partial charge is 0.163 e. The zero-order valence-electron chi connectivity index (χ0n) is 9.59. The van der Waals surface area contributed by atoms with Gasteiger partial charge < -0.3 is 0 Å². The van der Waals surface area contributed by atoms with Crippen molar-refractivity contribution >= 4 is 33.3 Å². The molecule has 1 atom stereocenters. The van der Waals surface area contributed by atoms with Crippen LogP contribution in [-0.4, -0.2) is 5.78 Å². The standard InChI is InChI=1S/C13H16BrClO/c1-3-4-9(2)5-13(16)10-6-11(14)8-12(15)7-10/h6-9H,3-5H2,1-2H3. The summed E-state index contributed by atoms with van der Waals surface area (Å²) in [6.45, 7) is 4.25. The van der Waals surface area contributed by atoms with E-state index in [0.29, 0.717) is 22.9 Å². The Hall–Kier alpha value is -0.340. The second-order valence-corrected chi connectivity index (χ2v) is 5.53. The van der Waals surface area contributed by atoms with Crippen LogP contribution in [0.4, 0.5) is 0 Å². The summed E-state index contributed by atoms with van der Waals surface area (Å²) in [5.74, 6) is 0.611. The molecule has 0 heterocycles. The zero-order valence-corrected chi connectivity index (χ0v) is 11.9. The van der Waals surface area contributed by atoms with Gasteiger partial charge in [-0.2, -0.15) is 0 Å². The fourth-order valence-electron chi connectivity index (χ4n) is 1.74. The average Bonchev–Trinajstić information content (AvgIpc) is 2.16. The van der Waals surface area contributed by atoms with Crippen molar-refractivity contribution in [2.75, 3.05) is 0 Å². The van der Waals surface area contributed by atoms with Gasteiger partial charge in [0.15, 0.2) is 5.78 Å². The highest BCUT2D eigenvalue weighted by Gasteiger charge is 2.11. The summed E-state index contributed by atoms with van der Waals surface area (Å²) in [4.78, 5) is 12.0. The average molecular weight is 304 g/mol. The number of benzene rings is 1. The fraction of sp³-hybridized carbons (Fsp3) is 0.462. The van der Waals surface area contributed by atoms with E-state index < -0.39 is 0 Å². The highest BCUT2D eigenvalue weighted by Crippen LogP contribution is 2.22. The molecule has 0 amide bonds. The molecule has 0 radical (unpaired) electrons. The van der Waals surface area contributed by atoms with E-state index in [4.69, 9.17) is 11.6 Å². The van der Waals surface area contributed by atoms with Crippen molar-refractivity contribution in [3.8, 4) is 0 Å². The van der Waals surface area contributed by atoms with Crippen molar-refractivity contribution in [3.63, 3.8) is 0 Å². The minimum Gasteiger partial charge on any atom is -0.294 e. The molecule has 1 unspecified atom stereocenters. The number of hydrogen-bond acceptors (Lipinski definition) is 1. The van der Waals surface area contributed by atoms with Gasteiger partial charge in [-0.15, -0.1) is 0 Å². The monoisotopic (exact) mass is 302 g/mol. The van der Waals surface area contributed by atoms with Crippen LogP contribution < -0.4 is 0 Å².